The first-order chi connectivity index (χ1) is 15.2. The molecule has 9 heteroatoms. The summed E-state index contributed by atoms with van der Waals surface area (Å²) >= 11 is 5.92. The third-order valence-corrected chi connectivity index (χ3v) is 6.49. The molecule has 0 aromatic heterocycles. The molecule has 2 aliphatic heterocycles. The van der Waals surface area contributed by atoms with Gasteiger partial charge in [-0.25, -0.2) is 4.79 Å². The van der Waals surface area contributed by atoms with Gasteiger partial charge >= 0.3 is 5.97 Å². The number of carbonyl (C=O) groups is 4. The van der Waals surface area contributed by atoms with Crippen molar-refractivity contribution in [1.29, 1.82) is 0 Å². The van der Waals surface area contributed by atoms with E-state index in [0.29, 0.717) is 5.02 Å². The Bertz CT molecular complexity index is 1180. The second-order valence-corrected chi connectivity index (χ2v) is 10.5. The molecule has 2 heterocycles. The maximum absolute atomic E-state index is 13.7. The lowest BCUT2D eigenvalue weighted by Gasteiger charge is -2.41. The number of halogens is 1. The monoisotopic (exact) mass is 473 g/mol. The number of aliphatic hydroxyl groups excluding tert-OH is 1. The normalized spacial score (nSPS) is 26.5. The fourth-order valence-corrected chi connectivity index (χ4v) is 4.87. The molecule has 1 unspecified atom stereocenters. The minimum absolute atomic E-state index is 0.00918. The number of ether oxygens (including phenoxy) is 1. The fourth-order valence-electron chi connectivity index (χ4n) is 4.75. The number of aliphatic hydroxyl groups is 2. The number of nitrogens with zero attached hydrogens (tertiary/aromatic N) is 1. The van der Waals surface area contributed by atoms with Gasteiger partial charge in [0.05, 0.1) is 16.7 Å². The molecule has 1 aromatic carbocycles. The van der Waals surface area contributed by atoms with Crippen LogP contribution in [-0.2, 0) is 19.1 Å². The second-order valence-electron chi connectivity index (χ2n) is 10.1. The molecule has 0 bridgehead atoms. The van der Waals surface area contributed by atoms with E-state index in [1.807, 2.05) is 0 Å². The first-order valence-electron chi connectivity index (χ1n) is 10.5. The quantitative estimate of drug-likeness (QED) is 0.511. The number of hydrogen-bond donors (Lipinski definition) is 2. The van der Waals surface area contributed by atoms with Gasteiger partial charge in [0.25, 0.3) is 5.91 Å². The number of carbonyl (C=O) groups excluding carboxylic acids is 4. The number of hydrogen-bond acceptors (Lipinski definition) is 7. The molecule has 33 heavy (non-hydrogen) atoms. The number of rotatable bonds is 3. The number of amides is 1. The molecular weight excluding hydrogens is 450 g/mol. The molecule has 1 aromatic rings. The zero-order valence-electron chi connectivity index (χ0n) is 18.7. The molecule has 174 valence electrons. The van der Waals surface area contributed by atoms with E-state index < -0.39 is 62.6 Å². The van der Waals surface area contributed by atoms with Crippen LogP contribution in [0.4, 0.5) is 0 Å². The summed E-state index contributed by atoms with van der Waals surface area (Å²) in [5.41, 5.74) is -6.14. The summed E-state index contributed by atoms with van der Waals surface area (Å²) in [6.07, 6.45) is -0.0528. The van der Waals surface area contributed by atoms with E-state index in [2.05, 4.69) is 0 Å². The molecule has 3 aliphatic rings. The number of benzene rings is 1. The largest absolute Gasteiger partial charge is 0.512 e. The summed E-state index contributed by atoms with van der Waals surface area (Å²) < 4.78 is 5.22. The summed E-state index contributed by atoms with van der Waals surface area (Å²) in [5.74, 6) is -4.04. The van der Waals surface area contributed by atoms with Gasteiger partial charge in [-0.3, -0.25) is 19.3 Å². The zero-order valence-corrected chi connectivity index (χ0v) is 19.4. The highest BCUT2D eigenvalue weighted by Crippen LogP contribution is 2.49. The predicted octanol–water partition coefficient (Wildman–Crippen LogP) is 2.89. The van der Waals surface area contributed by atoms with Crippen molar-refractivity contribution >= 4 is 35.0 Å². The maximum Gasteiger partial charge on any atom is 0.355 e. The van der Waals surface area contributed by atoms with Gasteiger partial charge in [0.15, 0.2) is 11.6 Å². The number of ketones is 2. The van der Waals surface area contributed by atoms with Crippen LogP contribution in [0.15, 0.2) is 46.9 Å². The Balaban J connectivity index is 2.02. The van der Waals surface area contributed by atoms with E-state index in [4.69, 9.17) is 16.3 Å². The number of Topliss-reactive ketones (excluding diaryl/α,β-unsaturated/α-hetero) is 2. The Morgan fingerprint density at radius 2 is 1.67 bits per heavy atom. The molecule has 8 nitrogen and oxygen atoms in total. The van der Waals surface area contributed by atoms with Crippen molar-refractivity contribution in [2.75, 3.05) is 6.61 Å². The number of esters is 1. The SMILES string of the molecule is CC1(C)CC(=O)C(C2(O)C(=O)N3C(=C2C(=O)c2ccc(Cl)cc2)C(=O)OCC3(C)C)=C(O)C1. The summed E-state index contributed by atoms with van der Waals surface area (Å²) in [6, 6.07) is 5.65. The van der Waals surface area contributed by atoms with Gasteiger partial charge in [-0.2, -0.15) is 0 Å². The molecule has 1 atom stereocenters. The van der Waals surface area contributed by atoms with Gasteiger partial charge < -0.3 is 14.9 Å². The lowest BCUT2D eigenvalue weighted by molar-refractivity contribution is -0.162. The van der Waals surface area contributed by atoms with Gasteiger partial charge in [-0.05, 0) is 43.5 Å². The predicted molar refractivity (Wildman–Crippen MR) is 117 cm³/mol. The summed E-state index contributed by atoms with van der Waals surface area (Å²) in [7, 11) is 0. The van der Waals surface area contributed by atoms with Crippen molar-refractivity contribution in [1.82, 2.24) is 4.90 Å². The minimum atomic E-state index is -2.84. The van der Waals surface area contributed by atoms with Crippen LogP contribution in [0.2, 0.25) is 5.02 Å². The second kappa shape index (κ2) is 7.27. The van der Waals surface area contributed by atoms with E-state index >= 15 is 0 Å². The topological polar surface area (TPSA) is 121 Å². The van der Waals surface area contributed by atoms with Crippen molar-refractivity contribution < 1.29 is 34.1 Å². The highest BCUT2D eigenvalue weighted by molar-refractivity contribution is 6.31. The third kappa shape index (κ3) is 3.40. The Kier molecular flexibility index (Phi) is 5.11. The van der Waals surface area contributed by atoms with Crippen molar-refractivity contribution in [3.05, 3.63) is 57.5 Å². The summed E-state index contributed by atoms with van der Waals surface area (Å²) in [6.45, 7) is 6.56. The van der Waals surface area contributed by atoms with Gasteiger partial charge in [-0.15, -0.1) is 0 Å². The number of cyclic esters (lactones) is 1. The maximum atomic E-state index is 13.7. The molecule has 1 amide bonds. The first kappa shape index (κ1) is 23.2. The molecule has 0 radical (unpaired) electrons. The molecule has 1 saturated heterocycles. The van der Waals surface area contributed by atoms with Crippen molar-refractivity contribution in [3.63, 3.8) is 0 Å². The Morgan fingerprint density at radius 1 is 1.06 bits per heavy atom. The van der Waals surface area contributed by atoms with E-state index in [-0.39, 0.29) is 25.0 Å². The zero-order chi connectivity index (χ0) is 24.5. The van der Waals surface area contributed by atoms with E-state index in [1.54, 1.807) is 27.7 Å². The van der Waals surface area contributed by atoms with Crippen molar-refractivity contribution in [2.24, 2.45) is 5.41 Å². The Hall–Kier alpha value is -2.97. The number of morpholine rings is 1. The van der Waals surface area contributed by atoms with Crippen LogP contribution in [0, 0.1) is 5.41 Å². The fraction of sp³-hybridized carbons (Fsp3) is 0.417. The lowest BCUT2D eigenvalue weighted by Crippen LogP contribution is -2.58. The molecule has 2 N–H and O–H groups in total. The standard InChI is InChI=1S/C24H24ClNO7/c1-22(2)9-14(27)16(15(28)10-22)24(32)17(19(29)12-5-7-13(25)8-6-12)18-20(30)33-11-23(3,4)26(18)21(24)31/h5-8,27,32H,9-11H2,1-4H3. The van der Waals surface area contributed by atoms with Gasteiger partial charge in [0.1, 0.15) is 18.1 Å². The van der Waals surface area contributed by atoms with E-state index in [9.17, 15) is 29.4 Å². The molecular formula is C24H24ClNO7. The molecule has 0 spiro atoms. The van der Waals surface area contributed by atoms with Gasteiger partial charge in [-0.1, -0.05) is 25.4 Å². The van der Waals surface area contributed by atoms with Gasteiger partial charge in [0, 0.05) is 23.4 Å². The smallest absolute Gasteiger partial charge is 0.355 e. The van der Waals surface area contributed by atoms with Crippen LogP contribution in [-0.4, -0.2) is 56.3 Å². The molecule has 1 aliphatic carbocycles. The van der Waals surface area contributed by atoms with Crippen molar-refractivity contribution in [3.8, 4) is 0 Å². The van der Waals surface area contributed by atoms with Crippen LogP contribution in [0.3, 0.4) is 0 Å². The average molecular weight is 474 g/mol. The average Bonchev–Trinajstić information content (AvgIpc) is 2.93. The molecule has 4 rings (SSSR count). The summed E-state index contributed by atoms with van der Waals surface area (Å²) in [5, 5.41) is 23.0. The highest BCUT2D eigenvalue weighted by atomic mass is 35.5. The third-order valence-electron chi connectivity index (χ3n) is 6.24. The number of fused-ring (bicyclic) bond motifs is 1. The molecule has 1 fully saturated rings. The molecule has 0 saturated carbocycles. The van der Waals surface area contributed by atoms with Crippen LogP contribution < -0.4 is 0 Å². The highest BCUT2D eigenvalue weighted by Gasteiger charge is 2.65. The first-order valence-corrected chi connectivity index (χ1v) is 10.8. The number of allylic oxidation sites excluding steroid dienone is 1. The van der Waals surface area contributed by atoms with Crippen LogP contribution in [0.5, 0.6) is 0 Å². The Morgan fingerprint density at radius 3 is 2.24 bits per heavy atom. The van der Waals surface area contributed by atoms with Crippen LogP contribution in [0.1, 0.15) is 50.9 Å². The van der Waals surface area contributed by atoms with Crippen molar-refractivity contribution in [2.45, 2.75) is 51.7 Å². The van der Waals surface area contributed by atoms with E-state index in [0.717, 1.165) is 4.90 Å². The minimum Gasteiger partial charge on any atom is -0.512 e. The van der Waals surface area contributed by atoms with Gasteiger partial charge in [0.2, 0.25) is 5.60 Å². The van der Waals surface area contributed by atoms with Crippen LogP contribution >= 0.6 is 11.6 Å². The summed E-state index contributed by atoms with van der Waals surface area (Å²) in [4.78, 5) is 54.4. The lowest BCUT2D eigenvalue weighted by atomic mass is 9.70. The Labute approximate surface area is 195 Å². The van der Waals surface area contributed by atoms with E-state index in [1.165, 1.54) is 24.3 Å². The van der Waals surface area contributed by atoms with Crippen LogP contribution in [0.25, 0.3) is 0 Å².